The summed E-state index contributed by atoms with van der Waals surface area (Å²) in [6.45, 7) is 1.47. The molecule has 0 spiro atoms. The van der Waals surface area contributed by atoms with Gasteiger partial charge in [0.25, 0.3) is 6.02 Å². The molecule has 1 aromatic carbocycles. The Hall–Kier alpha value is -1.22. The summed E-state index contributed by atoms with van der Waals surface area (Å²) in [7, 11) is 0. The molecule has 0 saturated heterocycles. The van der Waals surface area contributed by atoms with Gasteiger partial charge >= 0.3 is 0 Å². The minimum atomic E-state index is 0.394. The van der Waals surface area contributed by atoms with E-state index in [2.05, 4.69) is 22.4 Å². The first-order valence-corrected chi connectivity index (χ1v) is 5.90. The molecule has 1 aliphatic carbocycles. The molecule has 16 heavy (non-hydrogen) atoms. The highest BCUT2D eigenvalue weighted by molar-refractivity contribution is 6.30. The molecule has 1 unspecified atom stereocenters. The van der Waals surface area contributed by atoms with Crippen molar-refractivity contribution in [2.24, 2.45) is 4.99 Å². The Bertz CT molecular complexity index is 445. The fourth-order valence-corrected chi connectivity index (χ4v) is 2.48. The topological polar surface area (TPSA) is 33.6 Å². The second-order valence-corrected chi connectivity index (χ2v) is 4.63. The Morgan fingerprint density at radius 1 is 1.31 bits per heavy atom. The number of hydrogen-bond acceptors (Lipinski definition) is 3. The van der Waals surface area contributed by atoms with Gasteiger partial charge < -0.3 is 10.1 Å². The molecule has 84 valence electrons. The predicted molar refractivity (Wildman–Crippen MR) is 64.0 cm³/mol. The lowest BCUT2D eigenvalue weighted by atomic mass is 10.1. The molecule has 1 aromatic rings. The van der Waals surface area contributed by atoms with Gasteiger partial charge in [-0.2, -0.15) is 0 Å². The van der Waals surface area contributed by atoms with Crippen LogP contribution in [0.4, 0.5) is 0 Å². The molecule has 0 aromatic heterocycles. The number of halogens is 1. The average Bonchev–Trinajstić information content (AvgIpc) is 2.86. The number of fused-ring (bicyclic) bond motifs is 1. The molecule has 0 radical (unpaired) electrons. The molecule has 0 fully saturated rings. The van der Waals surface area contributed by atoms with E-state index in [0.29, 0.717) is 18.7 Å². The zero-order chi connectivity index (χ0) is 11.0. The van der Waals surface area contributed by atoms with Gasteiger partial charge in [-0.25, -0.2) is 4.99 Å². The van der Waals surface area contributed by atoms with E-state index in [0.717, 1.165) is 24.4 Å². The van der Waals surface area contributed by atoms with Crippen LogP contribution >= 0.6 is 11.6 Å². The number of nitrogens with one attached hydrogen (secondary N) is 1. The Labute approximate surface area is 99.5 Å². The third kappa shape index (κ3) is 1.87. The van der Waals surface area contributed by atoms with Crippen molar-refractivity contribution in [2.75, 3.05) is 13.2 Å². The summed E-state index contributed by atoms with van der Waals surface area (Å²) < 4.78 is 5.35. The summed E-state index contributed by atoms with van der Waals surface area (Å²) >= 11 is 5.97. The van der Waals surface area contributed by atoms with Crippen LogP contribution < -0.4 is 5.32 Å². The monoisotopic (exact) mass is 236 g/mol. The first-order chi connectivity index (χ1) is 7.81. The number of nitrogens with zero attached hydrogens (tertiary/aromatic N) is 1. The molecular weight excluding hydrogens is 224 g/mol. The number of aliphatic imine (C=N–C) groups is 1. The maximum absolute atomic E-state index is 5.97. The maximum Gasteiger partial charge on any atom is 0.285 e. The van der Waals surface area contributed by atoms with Crippen LogP contribution in [0.1, 0.15) is 11.1 Å². The van der Waals surface area contributed by atoms with E-state index in [1.165, 1.54) is 11.1 Å². The number of rotatable bonds is 1. The average molecular weight is 237 g/mol. The third-order valence-corrected chi connectivity index (χ3v) is 3.25. The van der Waals surface area contributed by atoms with E-state index in [1.54, 1.807) is 0 Å². The molecule has 1 heterocycles. The Kier molecular flexibility index (Phi) is 2.48. The molecular formula is C12H13ClN2O. The van der Waals surface area contributed by atoms with Crippen LogP contribution in [0, 0.1) is 0 Å². The van der Waals surface area contributed by atoms with E-state index < -0.39 is 0 Å². The maximum atomic E-state index is 5.97. The fourth-order valence-electron chi connectivity index (χ4n) is 2.29. The van der Waals surface area contributed by atoms with Gasteiger partial charge in [-0.05, 0) is 36.1 Å². The molecule has 4 heteroatoms. The summed E-state index contributed by atoms with van der Waals surface area (Å²) in [4.78, 5) is 4.24. The summed E-state index contributed by atoms with van der Waals surface area (Å²) in [5.74, 6) is 0. The summed E-state index contributed by atoms with van der Waals surface area (Å²) in [5, 5.41) is 4.14. The first-order valence-electron chi connectivity index (χ1n) is 5.52. The normalized spacial score (nSPS) is 22.6. The highest BCUT2D eigenvalue weighted by Gasteiger charge is 2.23. The van der Waals surface area contributed by atoms with E-state index in [1.807, 2.05) is 6.07 Å². The van der Waals surface area contributed by atoms with Crippen LogP contribution in [0.25, 0.3) is 0 Å². The quantitative estimate of drug-likeness (QED) is 0.807. The number of benzene rings is 1. The van der Waals surface area contributed by atoms with E-state index in [9.17, 15) is 0 Å². The second-order valence-electron chi connectivity index (χ2n) is 4.20. The SMILES string of the molecule is Clc1ccc2c(c1)CC(NC1=NCCO1)C2. The van der Waals surface area contributed by atoms with Crippen molar-refractivity contribution in [1.82, 2.24) is 5.32 Å². The lowest BCUT2D eigenvalue weighted by molar-refractivity contribution is 0.325. The van der Waals surface area contributed by atoms with Crippen LogP contribution in [-0.2, 0) is 17.6 Å². The van der Waals surface area contributed by atoms with Crippen molar-refractivity contribution in [3.8, 4) is 0 Å². The van der Waals surface area contributed by atoms with Crippen molar-refractivity contribution < 1.29 is 4.74 Å². The molecule has 1 atom stereocenters. The van der Waals surface area contributed by atoms with Gasteiger partial charge in [-0.3, -0.25) is 0 Å². The standard InChI is InChI=1S/C12H13ClN2O/c13-10-2-1-8-6-11(7-9(8)5-10)15-12-14-3-4-16-12/h1-2,5,11H,3-4,6-7H2,(H,14,15). The van der Waals surface area contributed by atoms with Gasteiger partial charge in [0.05, 0.1) is 6.54 Å². The highest BCUT2D eigenvalue weighted by atomic mass is 35.5. The van der Waals surface area contributed by atoms with Crippen LogP contribution in [-0.4, -0.2) is 25.2 Å². The lowest BCUT2D eigenvalue weighted by Gasteiger charge is -2.11. The van der Waals surface area contributed by atoms with E-state index in [-0.39, 0.29) is 0 Å². The molecule has 3 nitrogen and oxygen atoms in total. The van der Waals surface area contributed by atoms with Crippen molar-refractivity contribution in [3.63, 3.8) is 0 Å². The van der Waals surface area contributed by atoms with Gasteiger partial charge in [0, 0.05) is 11.1 Å². The van der Waals surface area contributed by atoms with Gasteiger partial charge in [-0.1, -0.05) is 17.7 Å². The van der Waals surface area contributed by atoms with Crippen molar-refractivity contribution >= 4 is 17.6 Å². The molecule has 0 bridgehead atoms. The summed E-state index contributed by atoms with van der Waals surface area (Å²) in [6.07, 6.45) is 2.02. The van der Waals surface area contributed by atoms with Gasteiger partial charge in [0.15, 0.2) is 0 Å². The molecule has 2 aliphatic rings. The smallest absolute Gasteiger partial charge is 0.285 e. The highest BCUT2D eigenvalue weighted by Crippen LogP contribution is 2.25. The minimum Gasteiger partial charge on any atom is -0.463 e. The molecule has 1 aliphatic heterocycles. The van der Waals surface area contributed by atoms with Crippen LogP contribution in [0.5, 0.6) is 0 Å². The minimum absolute atomic E-state index is 0.394. The Morgan fingerprint density at radius 2 is 2.19 bits per heavy atom. The number of hydrogen-bond donors (Lipinski definition) is 1. The zero-order valence-electron chi connectivity index (χ0n) is 8.87. The van der Waals surface area contributed by atoms with E-state index in [4.69, 9.17) is 16.3 Å². The number of amidine groups is 1. The van der Waals surface area contributed by atoms with Crippen molar-refractivity contribution in [3.05, 3.63) is 34.3 Å². The molecule has 0 saturated carbocycles. The Balaban J connectivity index is 1.70. The van der Waals surface area contributed by atoms with Crippen LogP contribution in [0.3, 0.4) is 0 Å². The third-order valence-electron chi connectivity index (χ3n) is 3.01. The summed E-state index contributed by atoms with van der Waals surface area (Å²) in [5.41, 5.74) is 2.71. The molecule has 1 N–H and O–H groups in total. The molecule has 3 rings (SSSR count). The van der Waals surface area contributed by atoms with Gasteiger partial charge in [0.2, 0.25) is 0 Å². The Morgan fingerprint density at radius 3 is 3.00 bits per heavy atom. The molecule has 0 amide bonds. The van der Waals surface area contributed by atoms with Crippen molar-refractivity contribution in [2.45, 2.75) is 18.9 Å². The largest absolute Gasteiger partial charge is 0.463 e. The summed E-state index contributed by atoms with van der Waals surface area (Å²) in [6, 6.07) is 7.20. The fraction of sp³-hybridized carbons (Fsp3) is 0.417. The van der Waals surface area contributed by atoms with Crippen LogP contribution in [0.2, 0.25) is 5.02 Å². The van der Waals surface area contributed by atoms with E-state index >= 15 is 0 Å². The predicted octanol–water partition coefficient (Wildman–Crippen LogP) is 1.78. The van der Waals surface area contributed by atoms with Gasteiger partial charge in [-0.15, -0.1) is 0 Å². The van der Waals surface area contributed by atoms with Crippen molar-refractivity contribution in [1.29, 1.82) is 0 Å². The zero-order valence-corrected chi connectivity index (χ0v) is 9.63. The lowest BCUT2D eigenvalue weighted by Crippen LogP contribution is -2.35. The first kappa shape index (κ1) is 9.97. The van der Waals surface area contributed by atoms with Gasteiger partial charge in [0.1, 0.15) is 6.61 Å². The number of ether oxygens (including phenoxy) is 1. The van der Waals surface area contributed by atoms with Crippen LogP contribution in [0.15, 0.2) is 23.2 Å². The second kappa shape index (κ2) is 3.98.